The van der Waals surface area contributed by atoms with Gasteiger partial charge in [-0.3, -0.25) is 4.79 Å². The number of primary amides is 1. The number of carbonyl (C=O) groups excluding carboxylic acids is 1. The average Bonchev–Trinajstić information content (AvgIpc) is 2.82. The van der Waals surface area contributed by atoms with E-state index in [1.165, 1.54) is 6.07 Å². The third-order valence-electron chi connectivity index (χ3n) is 2.86. The summed E-state index contributed by atoms with van der Waals surface area (Å²) < 4.78 is 15.0. The Morgan fingerprint density at radius 2 is 1.86 bits per heavy atom. The van der Waals surface area contributed by atoms with Crippen molar-refractivity contribution < 1.29 is 9.18 Å². The molecular weight excluding hydrogens is 295 g/mol. The highest BCUT2D eigenvalue weighted by Crippen LogP contribution is 2.21. The fraction of sp³-hybridized carbons (Fsp3) is 0. The van der Waals surface area contributed by atoms with Crippen molar-refractivity contribution in [2.75, 3.05) is 0 Å². The maximum Gasteiger partial charge on any atom is 0.251 e. The van der Waals surface area contributed by atoms with Gasteiger partial charge in [0.15, 0.2) is 0 Å². The molecule has 3 aromatic rings. The van der Waals surface area contributed by atoms with Crippen LogP contribution in [0.25, 0.3) is 16.6 Å². The summed E-state index contributed by atoms with van der Waals surface area (Å²) in [6, 6.07) is 11.8. The summed E-state index contributed by atoms with van der Waals surface area (Å²) in [5, 5.41) is 4.83. The van der Waals surface area contributed by atoms with E-state index in [4.69, 9.17) is 5.73 Å². The van der Waals surface area contributed by atoms with Crippen LogP contribution in [-0.2, 0) is 0 Å². The molecule has 5 nitrogen and oxygen atoms in total. The van der Waals surface area contributed by atoms with Gasteiger partial charge >= 0.3 is 0 Å². The molecule has 0 saturated carbocycles. The Kier molecular flexibility index (Phi) is 5.02. The molecule has 3 rings (SSSR count). The van der Waals surface area contributed by atoms with E-state index < -0.39 is 11.7 Å². The zero-order valence-corrected chi connectivity index (χ0v) is 11.8. The van der Waals surface area contributed by atoms with Crippen molar-refractivity contribution in [1.29, 1.82) is 0 Å². The van der Waals surface area contributed by atoms with E-state index in [9.17, 15) is 9.18 Å². The summed E-state index contributed by atoms with van der Waals surface area (Å²) in [5.41, 5.74) is 6.56. The third kappa shape index (κ3) is 3.01. The normalized spacial score (nSPS) is 9.76. The molecule has 5 N–H and O–H groups in total. The molecule has 110 valence electrons. The molecule has 1 heterocycles. The first-order valence-corrected chi connectivity index (χ1v) is 5.69. The van der Waals surface area contributed by atoms with Crippen molar-refractivity contribution in [3.05, 3.63) is 60.0 Å². The van der Waals surface area contributed by atoms with Crippen LogP contribution in [-0.4, -0.2) is 15.7 Å². The molecule has 0 bridgehead atoms. The second kappa shape index (κ2) is 6.34. The van der Waals surface area contributed by atoms with Crippen molar-refractivity contribution in [1.82, 2.24) is 15.9 Å². The summed E-state index contributed by atoms with van der Waals surface area (Å²) in [6.45, 7) is 0. The van der Waals surface area contributed by atoms with Crippen molar-refractivity contribution >= 4 is 29.2 Å². The quantitative estimate of drug-likeness (QED) is 0.762. The van der Waals surface area contributed by atoms with E-state index in [-0.39, 0.29) is 24.1 Å². The van der Waals surface area contributed by atoms with Crippen molar-refractivity contribution in [2.24, 2.45) is 5.73 Å². The summed E-state index contributed by atoms with van der Waals surface area (Å²) in [5.74, 6) is -1.20. The van der Waals surface area contributed by atoms with Gasteiger partial charge in [-0.25, -0.2) is 9.07 Å². The van der Waals surface area contributed by atoms with Crippen molar-refractivity contribution in [3.8, 4) is 5.69 Å². The number of halogens is 2. The van der Waals surface area contributed by atoms with Crippen LogP contribution < -0.4 is 11.9 Å². The van der Waals surface area contributed by atoms with Crippen molar-refractivity contribution in [3.63, 3.8) is 0 Å². The molecule has 1 aromatic heterocycles. The van der Waals surface area contributed by atoms with E-state index in [0.29, 0.717) is 10.9 Å². The SMILES string of the molecule is Cl.N.NC(=O)c1cc(F)cc2cn(-c3ccccc3)nc12. The highest BCUT2D eigenvalue weighted by atomic mass is 35.5. The molecule has 0 aliphatic rings. The Balaban J connectivity index is 0.00000110. The summed E-state index contributed by atoms with van der Waals surface area (Å²) in [6.07, 6.45) is 1.67. The minimum atomic E-state index is -0.692. The molecule has 1 amide bonds. The van der Waals surface area contributed by atoms with Gasteiger partial charge < -0.3 is 11.9 Å². The standard InChI is InChI=1S/C14H10FN3O.ClH.H3N/c15-10-6-9-8-18(11-4-2-1-3-5-11)17-13(9)12(7-10)14(16)19;;/h1-8H,(H2,16,19);1H;1H3. The third-order valence-corrected chi connectivity index (χ3v) is 2.86. The van der Waals surface area contributed by atoms with E-state index in [2.05, 4.69) is 5.10 Å². The van der Waals surface area contributed by atoms with Gasteiger partial charge in [0.25, 0.3) is 5.91 Å². The number of benzene rings is 2. The maximum atomic E-state index is 13.4. The van der Waals surface area contributed by atoms with Crippen LogP contribution in [0.1, 0.15) is 10.4 Å². The second-order valence-corrected chi connectivity index (χ2v) is 4.16. The zero-order valence-electron chi connectivity index (χ0n) is 11.0. The highest BCUT2D eigenvalue weighted by Gasteiger charge is 2.13. The molecule has 7 heteroatoms. The van der Waals surface area contributed by atoms with Crippen LogP contribution in [0.3, 0.4) is 0 Å². The lowest BCUT2D eigenvalue weighted by Crippen LogP contribution is -2.12. The first kappa shape index (κ1) is 16.6. The number of nitrogens with zero attached hydrogens (tertiary/aromatic N) is 2. The van der Waals surface area contributed by atoms with Crippen LogP contribution in [0.4, 0.5) is 4.39 Å². The molecule has 0 saturated heterocycles. The van der Waals surface area contributed by atoms with Crippen LogP contribution in [0.2, 0.25) is 0 Å². The topological polar surface area (TPSA) is 95.9 Å². The summed E-state index contributed by atoms with van der Waals surface area (Å²) in [7, 11) is 0. The number of nitrogens with two attached hydrogens (primary N) is 1. The zero-order chi connectivity index (χ0) is 13.4. The Morgan fingerprint density at radius 3 is 2.48 bits per heavy atom. The molecule has 0 aliphatic carbocycles. The lowest BCUT2D eigenvalue weighted by atomic mass is 10.1. The first-order chi connectivity index (χ1) is 9.15. The van der Waals surface area contributed by atoms with Gasteiger partial charge in [-0.15, -0.1) is 12.4 Å². The van der Waals surface area contributed by atoms with E-state index in [0.717, 1.165) is 11.8 Å². The number of hydrogen-bond acceptors (Lipinski definition) is 3. The van der Waals surface area contributed by atoms with Gasteiger partial charge in [0.05, 0.1) is 11.3 Å². The fourth-order valence-electron chi connectivity index (χ4n) is 2.00. The van der Waals surface area contributed by atoms with Gasteiger partial charge in [-0.05, 0) is 24.3 Å². The molecule has 0 fully saturated rings. The van der Waals surface area contributed by atoms with Crippen LogP contribution in [0, 0.1) is 5.82 Å². The minimum Gasteiger partial charge on any atom is -0.366 e. The molecule has 2 aromatic carbocycles. The lowest BCUT2D eigenvalue weighted by Gasteiger charge is -1.99. The molecule has 0 aliphatic heterocycles. The number of hydrogen-bond donors (Lipinski definition) is 2. The first-order valence-electron chi connectivity index (χ1n) is 5.69. The Hall–Kier alpha value is -2.44. The number of aromatic nitrogens is 2. The summed E-state index contributed by atoms with van der Waals surface area (Å²) in [4.78, 5) is 11.3. The lowest BCUT2D eigenvalue weighted by molar-refractivity contribution is 0.100. The molecule has 0 radical (unpaired) electrons. The number of fused-ring (bicyclic) bond motifs is 1. The van der Waals surface area contributed by atoms with Crippen LogP contribution >= 0.6 is 12.4 Å². The molecule has 0 unspecified atom stereocenters. The number of carbonyl (C=O) groups is 1. The van der Waals surface area contributed by atoms with Gasteiger partial charge in [-0.1, -0.05) is 18.2 Å². The number of amides is 1. The Labute approximate surface area is 126 Å². The van der Waals surface area contributed by atoms with Gasteiger partial charge in [0.1, 0.15) is 11.3 Å². The number of para-hydroxylation sites is 1. The fourth-order valence-corrected chi connectivity index (χ4v) is 2.00. The molecular formula is C14H14ClFN4O. The molecule has 0 spiro atoms. The summed E-state index contributed by atoms with van der Waals surface area (Å²) >= 11 is 0. The van der Waals surface area contributed by atoms with Crippen LogP contribution in [0.15, 0.2) is 48.7 Å². The monoisotopic (exact) mass is 308 g/mol. The van der Waals surface area contributed by atoms with E-state index >= 15 is 0 Å². The second-order valence-electron chi connectivity index (χ2n) is 4.16. The molecule has 21 heavy (non-hydrogen) atoms. The predicted molar refractivity (Wildman–Crippen MR) is 81.8 cm³/mol. The number of rotatable bonds is 2. The molecule has 0 atom stereocenters. The van der Waals surface area contributed by atoms with Crippen LogP contribution in [0.5, 0.6) is 0 Å². The largest absolute Gasteiger partial charge is 0.366 e. The maximum absolute atomic E-state index is 13.4. The smallest absolute Gasteiger partial charge is 0.251 e. The van der Waals surface area contributed by atoms with Gasteiger partial charge in [-0.2, -0.15) is 5.10 Å². The Bertz CT molecular complexity index is 773. The van der Waals surface area contributed by atoms with Crippen molar-refractivity contribution in [2.45, 2.75) is 0 Å². The Morgan fingerprint density at radius 1 is 1.19 bits per heavy atom. The minimum absolute atomic E-state index is 0. The average molecular weight is 309 g/mol. The van der Waals surface area contributed by atoms with E-state index in [1.807, 2.05) is 30.3 Å². The van der Waals surface area contributed by atoms with E-state index in [1.54, 1.807) is 10.9 Å². The van der Waals surface area contributed by atoms with Gasteiger partial charge in [0.2, 0.25) is 0 Å². The predicted octanol–water partition coefficient (Wildman–Crippen LogP) is 2.85. The highest BCUT2D eigenvalue weighted by molar-refractivity contribution is 6.04. The van der Waals surface area contributed by atoms with Gasteiger partial charge in [0, 0.05) is 11.6 Å².